The average molecular weight is 72.1 g/mol. The molecule has 0 aromatic carbocycles. The number of hydrogen-bond acceptors (Lipinski definition) is 0. The van der Waals surface area contributed by atoms with Crippen molar-refractivity contribution in [3.05, 3.63) is 6.65 Å². The summed E-state index contributed by atoms with van der Waals surface area (Å²) >= 11 is 0. The Labute approximate surface area is 32.7 Å². The first kappa shape index (κ1) is 8.83. The Morgan fingerprint density at radius 3 is 1.40 bits per heavy atom. The van der Waals surface area contributed by atoms with Crippen LogP contribution in [0.3, 0.4) is 0 Å². The summed E-state index contributed by atoms with van der Waals surface area (Å²) in [7, 11) is 0. The first-order valence-corrected chi connectivity index (χ1v) is 1.62. The van der Waals surface area contributed by atoms with Gasteiger partial charge in [-0.15, -0.1) is 0 Å². The van der Waals surface area contributed by atoms with E-state index in [-0.39, 0.29) is 0 Å². The Bertz CT molecular complexity index is 14.9. The van der Waals surface area contributed by atoms with E-state index in [9.17, 15) is 0 Å². The molecule has 0 bridgehead atoms. The summed E-state index contributed by atoms with van der Waals surface area (Å²) in [6, 6.07) is 0. The van der Waals surface area contributed by atoms with E-state index in [0.29, 0.717) is 0 Å². The van der Waals surface area contributed by atoms with E-state index in [1.807, 2.05) is 0 Å². The third-order valence-corrected chi connectivity index (χ3v) is 0. The summed E-state index contributed by atoms with van der Waals surface area (Å²) in [5, 5.41) is 0. The standard InChI is InChI=1S/C3H8.CO/c1-3-2;1-2/h3H2,1-2H3;. The topological polar surface area (TPSA) is 19.9 Å². The molecule has 0 heterocycles. The van der Waals surface area contributed by atoms with E-state index in [1.54, 1.807) is 0 Å². The van der Waals surface area contributed by atoms with Crippen molar-refractivity contribution >= 4 is 0 Å². The van der Waals surface area contributed by atoms with E-state index in [2.05, 4.69) is 20.5 Å². The van der Waals surface area contributed by atoms with Gasteiger partial charge in [-0.25, -0.2) is 0 Å². The van der Waals surface area contributed by atoms with Gasteiger partial charge >= 0.3 is 11.3 Å². The minimum absolute atomic E-state index is 1.25. The molecule has 0 rings (SSSR count). The fraction of sp³-hybridized carbons (Fsp3) is 0.750. The molecule has 0 amide bonds. The maximum absolute atomic E-state index is 7.50. The van der Waals surface area contributed by atoms with Crippen LogP contribution in [0.5, 0.6) is 0 Å². The molecule has 5 heavy (non-hydrogen) atoms. The van der Waals surface area contributed by atoms with Gasteiger partial charge in [-0.2, -0.15) is 0 Å². The van der Waals surface area contributed by atoms with E-state index in [4.69, 9.17) is 4.65 Å². The molecular weight excluding hydrogens is 64.0 g/mol. The summed E-state index contributed by atoms with van der Waals surface area (Å²) in [6.07, 6.45) is 1.25. The predicted molar refractivity (Wildman–Crippen MR) is 19.9 cm³/mol. The molecule has 0 N–H and O–H groups in total. The second-order valence-electron chi connectivity index (χ2n) is 0.707. The van der Waals surface area contributed by atoms with Crippen molar-refractivity contribution in [1.29, 1.82) is 0 Å². The molecule has 0 saturated carbocycles. The molecule has 0 spiro atoms. The molecule has 0 aliphatic rings. The first-order valence-electron chi connectivity index (χ1n) is 1.62. The minimum atomic E-state index is 1.25. The monoisotopic (exact) mass is 72.1 g/mol. The van der Waals surface area contributed by atoms with Crippen LogP contribution in [0.2, 0.25) is 0 Å². The predicted octanol–water partition coefficient (Wildman–Crippen LogP) is 1.38. The fourth-order valence-electron chi connectivity index (χ4n) is 0. The molecule has 0 radical (unpaired) electrons. The molecule has 0 unspecified atom stereocenters. The van der Waals surface area contributed by atoms with E-state index in [1.165, 1.54) is 6.42 Å². The summed E-state index contributed by atoms with van der Waals surface area (Å²) in [4.78, 5) is 0. The molecule has 1 heteroatoms. The Balaban J connectivity index is 0. The zero-order valence-corrected chi connectivity index (χ0v) is 3.62. The van der Waals surface area contributed by atoms with Crippen LogP contribution in [0, 0.1) is 6.65 Å². The van der Waals surface area contributed by atoms with Gasteiger partial charge in [-0.05, 0) is 0 Å². The first-order chi connectivity index (χ1) is 2.41. The normalized spacial score (nSPS) is 4.00. The van der Waals surface area contributed by atoms with Crippen LogP contribution in [-0.4, -0.2) is 0 Å². The van der Waals surface area contributed by atoms with Crippen LogP contribution >= 0.6 is 0 Å². The Hall–Kier alpha value is -0.260. The third-order valence-electron chi connectivity index (χ3n) is 0. The van der Waals surface area contributed by atoms with Crippen molar-refractivity contribution in [3.8, 4) is 0 Å². The van der Waals surface area contributed by atoms with E-state index < -0.39 is 0 Å². The van der Waals surface area contributed by atoms with Gasteiger partial charge in [-0.3, -0.25) is 0 Å². The summed E-state index contributed by atoms with van der Waals surface area (Å²) < 4.78 is 7.50. The molecular formula is C4H8O. The van der Waals surface area contributed by atoms with Crippen LogP contribution < -0.4 is 0 Å². The second kappa shape index (κ2) is 51.3. The van der Waals surface area contributed by atoms with Crippen molar-refractivity contribution in [3.63, 3.8) is 0 Å². The van der Waals surface area contributed by atoms with E-state index >= 15 is 0 Å². The average Bonchev–Trinajstić information content (AvgIpc) is 1.46. The number of rotatable bonds is 0. The van der Waals surface area contributed by atoms with Crippen molar-refractivity contribution in [2.45, 2.75) is 20.3 Å². The van der Waals surface area contributed by atoms with Gasteiger partial charge in [0.1, 0.15) is 0 Å². The molecule has 1 nitrogen and oxygen atoms in total. The van der Waals surface area contributed by atoms with Crippen LogP contribution in [-0.2, 0) is 4.65 Å². The quantitative estimate of drug-likeness (QED) is 0.304. The second-order valence-corrected chi connectivity index (χ2v) is 0.707. The fourth-order valence-corrected chi connectivity index (χ4v) is 0. The van der Waals surface area contributed by atoms with Gasteiger partial charge in [-0.1, -0.05) is 20.3 Å². The Morgan fingerprint density at radius 2 is 1.40 bits per heavy atom. The molecule has 0 aromatic rings. The van der Waals surface area contributed by atoms with Gasteiger partial charge in [0.2, 0.25) is 0 Å². The zero-order valence-electron chi connectivity index (χ0n) is 3.62. The van der Waals surface area contributed by atoms with Gasteiger partial charge in [0, 0.05) is 0 Å². The molecule has 0 aliphatic carbocycles. The summed E-state index contributed by atoms with van der Waals surface area (Å²) in [5.41, 5.74) is 0. The summed E-state index contributed by atoms with van der Waals surface area (Å²) in [5.74, 6) is 0. The van der Waals surface area contributed by atoms with Crippen molar-refractivity contribution in [1.82, 2.24) is 0 Å². The van der Waals surface area contributed by atoms with Crippen molar-refractivity contribution < 1.29 is 4.65 Å². The SMILES string of the molecule is CCC.[C-]#[O+]. The van der Waals surface area contributed by atoms with Crippen LogP contribution in [0.15, 0.2) is 0 Å². The Morgan fingerprint density at radius 1 is 1.40 bits per heavy atom. The van der Waals surface area contributed by atoms with Crippen molar-refractivity contribution in [2.24, 2.45) is 0 Å². The van der Waals surface area contributed by atoms with Gasteiger partial charge < -0.3 is 0 Å². The van der Waals surface area contributed by atoms with Gasteiger partial charge in [0.15, 0.2) is 0 Å². The number of hydrogen-bond donors (Lipinski definition) is 0. The molecule has 0 saturated heterocycles. The third kappa shape index (κ3) is 168. The van der Waals surface area contributed by atoms with Crippen LogP contribution in [0.25, 0.3) is 0 Å². The molecule has 0 atom stereocenters. The van der Waals surface area contributed by atoms with Gasteiger partial charge in [0.05, 0.1) is 0 Å². The molecule has 0 aliphatic heterocycles. The van der Waals surface area contributed by atoms with Crippen molar-refractivity contribution in [2.75, 3.05) is 0 Å². The Kier molecular flexibility index (Phi) is 90.6. The zero-order chi connectivity index (χ0) is 4.71. The van der Waals surface area contributed by atoms with Gasteiger partial charge in [0.25, 0.3) is 0 Å². The van der Waals surface area contributed by atoms with Crippen LogP contribution in [0.1, 0.15) is 20.3 Å². The van der Waals surface area contributed by atoms with Crippen LogP contribution in [0.4, 0.5) is 0 Å². The molecule has 30 valence electrons. The summed E-state index contributed by atoms with van der Waals surface area (Å²) in [6.45, 7) is 8.75. The molecule has 0 fully saturated rings. The molecule has 0 aromatic heterocycles. The van der Waals surface area contributed by atoms with E-state index in [0.717, 1.165) is 0 Å². The maximum atomic E-state index is 7.50.